The third-order valence-corrected chi connectivity index (χ3v) is 1.96. The predicted octanol–water partition coefficient (Wildman–Crippen LogP) is 1.83. The lowest BCUT2D eigenvalue weighted by Gasteiger charge is -2.08. The second-order valence-corrected chi connectivity index (χ2v) is 3.35. The smallest absolute Gasteiger partial charge is 0.318 e. The number of nitrogens with zero attached hydrogens (tertiary/aromatic N) is 2. The fraction of sp³-hybridized carbons (Fsp3) is 0.556. The van der Waals surface area contributed by atoms with Crippen molar-refractivity contribution in [2.24, 2.45) is 0 Å². The summed E-state index contributed by atoms with van der Waals surface area (Å²) < 4.78 is 33.0. The zero-order valence-electron chi connectivity index (χ0n) is 9.12. The number of ether oxygens (including phenoxy) is 2. The Morgan fingerprint density at radius 1 is 1.53 bits per heavy atom. The summed E-state index contributed by atoms with van der Waals surface area (Å²) in [5.41, 5.74) is 0. The van der Waals surface area contributed by atoms with E-state index < -0.39 is 13.0 Å². The van der Waals surface area contributed by atoms with E-state index in [1.165, 1.54) is 13.3 Å². The summed E-state index contributed by atoms with van der Waals surface area (Å²) in [6.45, 7) is -0.137. The highest BCUT2D eigenvalue weighted by Gasteiger charge is 2.05. The number of hydrogen-bond donors (Lipinski definition) is 1. The lowest BCUT2D eigenvalue weighted by atomic mass is 10.5. The van der Waals surface area contributed by atoms with Gasteiger partial charge in [-0.2, -0.15) is 4.98 Å². The first kappa shape index (κ1) is 13.9. The molecule has 0 saturated heterocycles. The Hall–Kier alpha value is -1.21. The lowest BCUT2D eigenvalue weighted by Crippen LogP contribution is -2.14. The number of halogens is 3. The molecule has 17 heavy (non-hydrogen) atoms. The monoisotopic (exact) mass is 267 g/mol. The van der Waals surface area contributed by atoms with Gasteiger partial charge in [0.15, 0.2) is 5.82 Å². The van der Waals surface area contributed by atoms with Crippen molar-refractivity contribution in [3.8, 4) is 6.01 Å². The van der Waals surface area contributed by atoms with Gasteiger partial charge in [0.25, 0.3) is 6.43 Å². The lowest BCUT2D eigenvalue weighted by molar-refractivity contribution is 0.0215. The molecule has 1 aromatic rings. The van der Waals surface area contributed by atoms with Gasteiger partial charge >= 0.3 is 6.01 Å². The Labute approximate surface area is 102 Å². The second kappa shape index (κ2) is 7.18. The quantitative estimate of drug-likeness (QED) is 0.764. The fourth-order valence-electron chi connectivity index (χ4n) is 0.987. The first-order valence-electron chi connectivity index (χ1n) is 4.79. The normalized spacial score (nSPS) is 10.6. The minimum atomic E-state index is -2.46. The number of alkyl halides is 2. The Morgan fingerprint density at radius 3 is 2.94 bits per heavy atom. The van der Waals surface area contributed by atoms with E-state index in [-0.39, 0.29) is 12.6 Å². The van der Waals surface area contributed by atoms with E-state index in [2.05, 4.69) is 20.0 Å². The van der Waals surface area contributed by atoms with Crippen molar-refractivity contribution in [3.05, 3.63) is 11.2 Å². The Morgan fingerprint density at radius 2 is 2.29 bits per heavy atom. The molecule has 0 aliphatic rings. The number of aromatic nitrogens is 2. The maximum atomic E-state index is 11.7. The summed E-state index contributed by atoms with van der Waals surface area (Å²) in [6, 6.07) is 0.172. The second-order valence-electron chi connectivity index (χ2n) is 2.95. The number of methoxy groups -OCH3 is 1. The van der Waals surface area contributed by atoms with E-state index >= 15 is 0 Å². The third kappa shape index (κ3) is 5.10. The van der Waals surface area contributed by atoms with Crippen LogP contribution < -0.4 is 10.1 Å². The highest BCUT2D eigenvalue weighted by Crippen LogP contribution is 2.19. The molecule has 0 aliphatic carbocycles. The third-order valence-electron chi connectivity index (χ3n) is 1.69. The van der Waals surface area contributed by atoms with Crippen molar-refractivity contribution in [1.29, 1.82) is 0 Å². The van der Waals surface area contributed by atoms with Gasteiger partial charge < -0.3 is 14.8 Å². The number of hydrogen-bond acceptors (Lipinski definition) is 5. The van der Waals surface area contributed by atoms with E-state index in [1.807, 2.05) is 0 Å². The van der Waals surface area contributed by atoms with Gasteiger partial charge in [0.1, 0.15) is 11.6 Å². The highest BCUT2D eigenvalue weighted by atomic mass is 35.5. The van der Waals surface area contributed by atoms with Crippen molar-refractivity contribution in [1.82, 2.24) is 9.97 Å². The van der Waals surface area contributed by atoms with Gasteiger partial charge in [0.05, 0.1) is 19.9 Å². The standard InChI is InChI=1S/C9H12ClF2N3O2/c1-16-9-14-4-6(10)8(15-9)13-2-3-17-5-7(11)12/h4,7H,2-3,5H2,1H3,(H,13,14,15). The molecule has 0 aromatic carbocycles. The molecule has 0 fully saturated rings. The molecule has 1 N–H and O–H groups in total. The molecule has 0 unspecified atom stereocenters. The molecular weight excluding hydrogens is 256 g/mol. The average Bonchev–Trinajstić information content (AvgIpc) is 2.30. The van der Waals surface area contributed by atoms with Crippen LogP contribution in [0.15, 0.2) is 6.20 Å². The molecule has 8 heteroatoms. The van der Waals surface area contributed by atoms with E-state index in [1.54, 1.807) is 0 Å². The first-order chi connectivity index (χ1) is 8.13. The van der Waals surface area contributed by atoms with Crippen LogP contribution in [0.3, 0.4) is 0 Å². The van der Waals surface area contributed by atoms with Crippen molar-refractivity contribution >= 4 is 17.4 Å². The van der Waals surface area contributed by atoms with E-state index in [9.17, 15) is 8.78 Å². The van der Waals surface area contributed by atoms with Crippen LogP contribution in [0.4, 0.5) is 14.6 Å². The molecule has 0 amide bonds. The van der Waals surface area contributed by atoms with Crippen LogP contribution in [0, 0.1) is 0 Å². The van der Waals surface area contributed by atoms with E-state index in [4.69, 9.17) is 16.3 Å². The molecule has 0 radical (unpaired) electrons. The van der Waals surface area contributed by atoms with Crippen LogP contribution in [0.2, 0.25) is 5.02 Å². The Balaban J connectivity index is 2.35. The van der Waals surface area contributed by atoms with Crippen LogP contribution in [0.25, 0.3) is 0 Å². The predicted molar refractivity (Wildman–Crippen MR) is 58.9 cm³/mol. The molecule has 1 aromatic heterocycles. The molecule has 96 valence electrons. The van der Waals surface area contributed by atoms with Gasteiger partial charge in [-0.25, -0.2) is 13.8 Å². The van der Waals surface area contributed by atoms with Gasteiger partial charge in [-0.15, -0.1) is 0 Å². The van der Waals surface area contributed by atoms with Gasteiger partial charge in [-0.05, 0) is 0 Å². The summed E-state index contributed by atoms with van der Waals surface area (Å²) in [5, 5.41) is 3.15. The minimum Gasteiger partial charge on any atom is -0.467 e. The van der Waals surface area contributed by atoms with Crippen molar-refractivity contribution in [3.63, 3.8) is 0 Å². The zero-order chi connectivity index (χ0) is 12.7. The summed E-state index contributed by atoms with van der Waals surface area (Å²) >= 11 is 5.81. The number of rotatable bonds is 7. The molecule has 1 rings (SSSR count). The number of nitrogens with one attached hydrogen (secondary N) is 1. The highest BCUT2D eigenvalue weighted by molar-refractivity contribution is 6.32. The zero-order valence-corrected chi connectivity index (χ0v) is 9.88. The van der Waals surface area contributed by atoms with Crippen molar-refractivity contribution in [2.45, 2.75) is 6.43 Å². The summed E-state index contributed by atoms with van der Waals surface area (Å²) in [5.74, 6) is 0.374. The van der Waals surface area contributed by atoms with Crippen molar-refractivity contribution < 1.29 is 18.3 Å². The molecule has 5 nitrogen and oxygen atoms in total. The SMILES string of the molecule is COc1ncc(Cl)c(NCCOCC(F)F)n1. The summed E-state index contributed by atoms with van der Waals surface area (Å²) in [7, 11) is 1.43. The molecule has 1 heterocycles. The topological polar surface area (TPSA) is 56.3 Å². The molecule has 0 atom stereocenters. The molecule has 0 aliphatic heterocycles. The van der Waals surface area contributed by atoms with Crippen LogP contribution in [-0.4, -0.2) is 43.3 Å². The molecular formula is C9H12ClF2N3O2. The van der Waals surface area contributed by atoms with E-state index in [0.717, 1.165) is 0 Å². The molecule has 0 saturated carbocycles. The van der Waals surface area contributed by atoms with Crippen LogP contribution in [-0.2, 0) is 4.74 Å². The maximum absolute atomic E-state index is 11.7. The van der Waals surface area contributed by atoms with Crippen molar-refractivity contribution in [2.75, 3.05) is 32.2 Å². The van der Waals surface area contributed by atoms with Gasteiger partial charge in [0, 0.05) is 6.54 Å². The Bertz CT molecular complexity index is 355. The Kier molecular flexibility index (Phi) is 5.85. The van der Waals surface area contributed by atoms with Gasteiger partial charge in [-0.1, -0.05) is 11.6 Å². The summed E-state index contributed by atoms with van der Waals surface area (Å²) in [6.07, 6.45) is -1.08. The molecule has 0 spiro atoms. The number of anilines is 1. The first-order valence-corrected chi connectivity index (χ1v) is 5.17. The maximum Gasteiger partial charge on any atom is 0.318 e. The largest absolute Gasteiger partial charge is 0.467 e. The van der Waals surface area contributed by atoms with Crippen LogP contribution >= 0.6 is 11.6 Å². The average molecular weight is 268 g/mol. The van der Waals surface area contributed by atoms with Crippen LogP contribution in [0.5, 0.6) is 6.01 Å². The van der Waals surface area contributed by atoms with Gasteiger partial charge in [-0.3, -0.25) is 0 Å². The van der Waals surface area contributed by atoms with E-state index in [0.29, 0.717) is 17.4 Å². The minimum absolute atomic E-state index is 0.132. The summed E-state index contributed by atoms with van der Waals surface area (Å²) in [4.78, 5) is 7.73. The molecule has 0 bridgehead atoms. The fourth-order valence-corrected chi connectivity index (χ4v) is 1.15. The van der Waals surface area contributed by atoms with Crippen LogP contribution in [0.1, 0.15) is 0 Å². The van der Waals surface area contributed by atoms with Gasteiger partial charge in [0.2, 0.25) is 0 Å².